The number of hydrogen-bond acceptors (Lipinski definition) is 4. The van der Waals surface area contributed by atoms with E-state index < -0.39 is 0 Å². The van der Waals surface area contributed by atoms with Gasteiger partial charge in [-0.2, -0.15) is 11.8 Å². The Bertz CT molecular complexity index is 251. The summed E-state index contributed by atoms with van der Waals surface area (Å²) in [6.07, 6.45) is 1.55. The molecule has 1 aliphatic heterocycles. The van der Waals surface area contributed by atoms with Gasteiger partial charge in [0.15, 0.2) is 0 Å². The maximum atomic E-state index is 12.2. The van der Waals surface area contributed by atoms with Crippen molar-refractivity contribution >= 4 is 17.7 Å². The SMILES string of the molecule is COCCCC(N)C(=O)N1CCSC(C)C1C. The fourth-order valence-electron chi connectivity index (χ4n) is 2.03. The van der Waals surface area contributed by atoms with E-state index in [1.807, 2.05) is 16.7 Å². The van der Waals surface area contributed by atoms with E-state index in [4.69, 9.17) is 10.5 Å². The summed E-state index contributed by atoms with van der Waals surface area (Å²) in [6, 6.07) is -0.0855. The minimum absolute atomic E-state index is 0.0979. The molecule has 2 N–H and O–H groups in total. The van der Waals surface area contributed by atoms with Gasteiger partial charge in [-0.1, -0.05) is 6.92 Å². The molecule has 3 atom stereocenters. The summed E-state index contributed by atoms with van der Waals surface area (Å²) < 4.78 is 4.97. The molecular weight excluding hydrogens is 236 g/mol. The quantitative estimate of drug-likeness (QED) is 0.752. The lowest BCUT2D eigenvalue weighted by atomic mass is 10.1. The molecule has 0 aromatic heterocycles. The molecule has 4 nitrogen and oxygen atoms in total. The summed E-state index contributed by atoms with van der Waals surface area (Å²) in [5.74, 6) is 1.11. The summed E-state index contributed by atoms with van der Waals surface area (Å²) in [5.41, 5.74) is 5.94. The fraction of sp³-hybridized carbons (Fsp3) is 0.917. The first-order valence-corrected chi connectivity index (χ1v) is 7.29. The number of thioether (sulfide) groups is 1. The molecule has 0 bridgehead atoms. The van der Waals surface area contributed by atoms with Gasteiger partial charge in [-0.3, -0.25) is 4.79 Å². The number of nitrogens with two attached hydrogens (primary N) is 1. The van der Waals surface area contributed by atoms with Gasteiger partial charge in [-0.05, 0) is 19.8 Å². The van der Waals surface area contributed by atoms with Crippen LogP contribution in [0.4, 0.5) is 0 Å². The van der Waals surface area contributed by atoms with E-state index in [2.05, 4.69) is 13.8 Å². The van der Waals surface area contributed by atoms with Gasteiger partial charge in [0.05, 0.1) is 6.04 Å². The second-order valence-corrected chi connectivity index (χ2v) is 6.07. The van der Waals surface area contributed by atoms with E-state index in [9.17, 15) is 4.79 Å². The van der Waals surface area contributed by atoms with Crippen LogP contribution in [0.15, 0.2) is 0 Å². The number of nitrogens with zero attached hydrogens (tertiary/aromatic N) is 1. The lowest BCUT2D eigenvalue weighted by Crippen LogP contribution is -2.53. The molecule has 0 aromatic carbocycles. The van der Waals surface area contributed by atoms with Gasteiger partial charge in [0.25, 0.3) is 0 Å². The number of carbonyl (C=O) groups is 1. The van der Waals surface area contributed by atoms with Crippen LogP contribution in [0, 0.1) is 0 Å². The van der Waals surface area contributed by atoms with Gasteiger partial charge in [0.1, 0.15) is 0 Å². The van der Waals surface area contributed by atoms with E-state index in [-0.39, 0.29) is 18.0 Å². The standard InChI is InChI=1S/C12H24N2O2S/c1-9-10(2)17-8-6-14(9)12(15)11(13)5-4-7-16-3/h9-11H,4-8,13H2,1-3H3. The maximum absolute atomic E-state index is 12.2. The van der Waals surface area contributed by atoms with Crippen LogP contribution in [-0.2, 0) is 9.53 Å². The lowest BCUT2D eigenvalue weighted by molar-refractivity contribution is -0.134. The molecule has 1 rings (SSSR count). The highest BCUT2D eigenvalue weighted by Crippen LogP contribution is 2.24. The third kappa shape index (κ3) is 4.16. The second-order valence-electron chi connectivity index (χ2n) is 4.59. The number of methoxy groups -OCH3 is 1. The van der Waals surface area contributed by atoms with Crippen LogP contribution in [0.5, 0.6) is 0 Å². The van der Waals surface area contributed by atoms with Crippen LogP contribution >= 0.6 is 11.8 Å². The predicted octanol–water partition coefficient (Wildman–Crippen LogP) is 1.09. The monoisotopic (exact) mass is 260 g/mol. The highest BCUT2D eigenvalue weighted by atomic mass is 32.2. The second kappa shape index (κ2) is 7.24. The topological polar surface area (TPSA) is 55.6 Å². The third-order valence-corrected chi connectivity index (χ3v) is 4.69. The van der Waals surface area contributed by atoms with Crippen molar-refractivity contribution in [2.75, 3.05) is 26.0 Å². The van der Waals surface area contributed by atoms with Crippen molar-refractivity contribution in [1.29, 1.82) is 0 Å². The Morgan fingerprint density at radius 3 is 2.94 bits per heavy atom. The molecule has 1 saturated heterocycles. The lowest BCUT2D eigenvalue weighted by Gasteiger charge is -2.38. The zero-order chi connectivity index (χ0) is 12.8. The average Bonchev–Trinajstić information content (AvgIpc) is 2.32. The zero-order valence-corrected chi connectivity index (χ0v) is 11.8. The first-order valence-electron chi connectivity index (χ1n) is 6.24. The fourth-order valence-corrected chi connectivity index (χ4v) is 3.13. The van der Waals surface area contributed by atoms with Crippen LogP contribution in [0.3, 0.4) is 0 Å². The maximum Gasteiger partial charge on any atom is 0.239 e. The molecule has 5 heteroatoms. The van der Waals surface area contributed by atoms with Gasteiger partial charge < -0.3 is 15.4 Å². The van der Waals surface area contributed by atoms with Crippen LogP contribution in [0.25, 0.3) is 0 Å². The molecule has 1 aliphatic rings. The van der Waals surface area contributed by atoms with Crippen molar-refractivity contribution in [3.05, 3.63) is 0 Å². The third-order valence-electron chi connectivity index (χ3n) is 3.35. The molecule has 100 valence electrons. The molecule has 3 unspecified atom stereocenters. The van der Waals surface area contributed by atoms with Gasteiger partial charge in [-0.15, -0.1) is 0 Å². The number of carbonyl (C=O) groups excluding carboxylic acids is 1. The molecule has 0 saturated carbocycles. The van der Waals surface area contributed by atoms with Crippen molar-refractivity contribution in [3.8, 4) is 0 Å². The van der Waals surface area contributed by atoms with Crippen molar-refractivity contribution < 1.29 is 9.53 Å². The average molecular weight is 260 g/mol. The van der Waals surface area contributed by atoms with Crippen molar-refractivity contribution in [2.45, 2.75) is 44.0 Å². The molecule has 1 amide bonds. The molecule has 0 aliphatic carbocycles. The molecule has 0 radical (unpaired) electrons. The molecular formula is C12H24N2O2S. The predicted molar refractivity (Wildman–Crippen MR) is 72.2 cm³/mol. The van der Waals surface area contributed by atoms with E-state index in [0.29, 0.717) is 18.3 Å². The largest absolute Gasteiger partial charge is 0.385 e. The minimum atomic E-state index is -0.372. The Kier molecular flexibility index (Phi) is 6.30. The molecule has 0 spiro atoms. The summed E-state index contributed by atoms with van der Waals surface area (Å²) in [6.45, 7) is 5.78. The molecule has 17 heavy (non-hydrogen) atoms. The first kappa shape index (κ1) is 14.8. The summed E-state index contributed by atoms with van der Waals surface area (Å²) in [7, 11) is 1.67. The van der Waals surface area contributed by atoms with Gasteiger partial charge in [0.2, 0.25) is 5.91 Å². The normalized spacial score (nSPS) is 26.9. The van der Waals surface area contributed by atoms with Crippen LogP contribution in [0.2, 0.25) is 0 Å². The number of ether oxygens (including phenoxy) is 1. The summed E-state index contributed by atoms with van der Waals surface area (Å²) in [5, 5.41) is 0.499. The number of rotatable bonds is 5. The van der Waals surface area contributed by atoms with Crippen molar-refractivity contribution in [2.24, 2.45) is 5.73 Å². The summed E-state index contributed by atoms with van der Waals surface area (Å²) in [4.78, 5) is 14.1. The van der Waals surface area contributed by atoms with E-state index in [1.165, 1.54) is 0 Å². The van der Waals surface area contributed by atoms with Crippen LogP contribution in [0.1, 0.15) is 26.7 Å². The Morgan fingerprint density at radius 2 is 2.29 bits per heavy atom. The Labute approximate surface area is 108 Å². The van der Waals surface area contributed by atoms with E-state index in [0.717, 1.165) is 18.7 Å². The highest BCUT2D eigenvalue weighted by molar-refractivity contribution is 8.00. The van der Waals surface area contributed by atoms with Crippen molar-refractivity contribution in [1.82, 2.24) is 4.90 Å². The van der Waals surface area contributed by atoms with E-state index in [1.54, 1.807) is 7.11 Å². The smallest absolute Gasteiger partial charge is 0.239 e. The number of amides is 1. The molecule has 1 heterocycles. The van der Waals surface area contributed by atoms with Gasteiger partial charge >= 0.3 is 0 Å². The Balaban J connectivity index is 2.44. The van der Waals surface area contributed by atoms with Crippen LogP contribution in [-0.4, -0.2) is 54.2 Å². The summed E-state index contributed by atoms with van der Waals surface area (Å²) >= 11 is 1.93. The Morgan fingerprint density at radius 1 is 1.59 bits per heavy atom. The van der Waals surface area contributed by atoms with Gasteiger partial charge in [-0.25, -0.2) is 0 Å². The van der Waals surface area contributed by atoms with Crippen LogP contribution < -0.4 is 5.73 Å². The van der Waals surface area contributed by atoms with Gasteiger partial charge in [0, 0.05) is 37.3 Å². The van der Waals surface area contributed by atoms with Crippen molar-refractivity contribution in [3.63, 3.8) is 0 Å². The highest BCUT2D eigenvalue weighted by Gasteiger charge is 2.31. The zero-order valence-electron chi connectivity index (χ0n) is 11.0. The minimum Gasteiger partial charge on any atom is -0.385 e. The number of hydrogen-bond donors (Lipinski definition) is 1. The van der Waals surface area contributed by atoms with E-state index >= 15 is 0 Å². The molecule has 1 fully saturated rings. The molecule has 0 aromatic rings. The first-order chi connectivity index (χ1) is 8.07. The Hall–Kier alpha value is -0.260.